The van der Waals surface area contributed by atoms with Gasteiger partial charge in [0.2, 0.25) is 5.96 Å². The molecule has 0 atom stereocenters. The van der Waals surface area contributed by atoms with E-state index < -0.39 is 5.91 Å². The quantitative estimate of drug-likeness (QED) is 0.497. The number of guanidine groups is 1. The number of amides is 1. The maximum atomic E-state index is 12.7. The molecule has 1 aliphatic heterocycles. The number of ether oxygens (including phenoxy) is 1. The number of aliphatic imine (C=N–C) groups is 1. The number of rotatable bonds is 5. The van der Waals surface area contributed by atoms with Crippen molar-refractivity contribution < 1.29 is 9.53 Å². The average molecular weight is 422 g/mol. The third kappa shape index (κ3) is 3.83. The molecular weight excluding hydrogens is 402 g/mol. The van der Waals surface area contributed by atoms with Crippen LogP contribution in [0.15, 0.2) is 89.9 Å². The molecule has 5 rings (SSSR count). The second-order valence-electron chi connectivity index (χ2n) is 7.28. The molecule has 0 aliphatic carbocycles. The lowest BCUT2D eigenvalue weighted by Gasteiger charge is -2.15. The van der Waals surface area contributed by atoms with Crippen LogP contribution in [0.5, 0.6) is 5.75 Å². The summed E-state index contributed by atoms with van der Waals surface area (Å²) >= 11 is 0. The molecule has 1 aliphatic rings. The summed E-state index contributed by atoms with van der Waals surface area (Å²) in [7, 11) is 1.61. The molecule has 1 aromatic heterocycles. The van der Waals surface area contributed by atoms with Crippen molar-refractivity contribution in [2.75, 3.05) is 12.4 Å². The molecule has 0 spiro atoms. The monoisotopic (exact) mass is 422 g/mol. The molecule has 3 aromatic carbocycles. The van der Waals surface area contributed by atoms with E-state index in [4.69, 9.17) is 4.74 Å². The molecular formula is C25H20N5O2. The van der Waals surface area contributed by atoms with Gasteiger partial charge in [-0.25, -0.2) is 4.98 Å². The van der Waals surface area contributed by atoms with E-state index in [1.54, 1.807) is 7.11 Å². The first kappa shape index (κ1) is 19.6. The van der Waals surface area contributed by atoms with Crippen LogP contribution in [-0.2, 0) is 0 Å². The number of H-pyrrole nitrogens is 1. The summed E-state index contributed by atoms with van der Waals surface area (Å²) in [6.45, 7) is 0. The summed E-state index contributed by atoms with van der Waals surface area (Å²) in [4.78, 5) is 25.1. The predicted molar refractivity (Wildman–Crippen MR) is 123 cm³/mol. The van der Waals surface area contributed by atoms with Crippen LogP contribution in [0.3, 0.4) is 0 Å². The molecule has 0 saturated heterocycles. The molecule has 4 aromatic rings. The Hall–Kier alpha value is -4.39. The van der Waals surface area contributed by atoms with Gasteiger partial charge in [-0.1, -0.05) is 60.7 Å². The number of aromatic nitrogens is 2. The Labute approximate surface area is 185 Å². The van der Waals surface area contributed by atoms with Crippen LogP contribution in [0.2, 0.25) is 0 Å². The van der Waals surface area contributed by atoms with E-state index in [9.17, 15) is 4.79 Å². The minimum absolute atomic E-state index is 0.163. The largest absolute Gasteiger partial charge is 0.497 e. The SMILES string of the molecule is COc1ccc(NC2=Nc3[nH]c(C(c4ccccc4)c4ccccc4)nc3C(=O)[N]2)cc1. The number of aromatic amines is 1. The van der Waals surface area contributed by atoms with E-state index in [-0.39, 0.29) is 17.6 Å². The van der Waals surface area contributed by atoms with Crippen molar-refractivity contribution in [3.63, 3.8) is 0 Å². The van der Waals surface area contributed by atoms with Gasteiger partial charge in [0.1, 0.15) is 11.6 Å². The van der Waals surface area contributed by atoms with Gasteiger partial charge in [-0.3, -0.25) is 4.79 Å². The molecule has 1 amide bonds. The highest BCUT2D eigenvalue weighted by Gasteiger charge is 2.29. The first-order valence-electron chi connectivity index (χ1n) is 10.2. The van der Waals surface area contributed by atoms with Crippen molar-refractivity contribution >= 4 is 23.4 Å². The molecule has 7 heteroatoms. The minimum atomic E-state index is -0.437. The van der Waals surface area contributed by atoms with Crippen molar-refractivity contribution in [3.8, 4) is 5.75 Å². The fourth-order valence-corrected chi connectivity index (χ4v) is 3.69. The van der Waals surface area contributed by atoms with Gasteiger partial charge in [0.05, 0.1) is 13.0 Å². The van der Waals surface area contributed by atoms with E-state index in [0.717, 1.165) is 22.6 Å². The molecule has 7 nitrogen and oxygen atoms in total. The zero-order valence-electron chi connectivity index (χ0n) is 17.3. The number of hydrogen-bond acceptors (Lipinski definition) is 5. The molecule has 1 radical (unpaired) electrons. The number of carbonyl (C=O) groups excluding carboxylic acids is 1. The lowest BCUT2D eigenvalue weighted by Crippen LogP contribution is -2.32. The summed E-state index contributed by atoms with van der Waals surface area (Å²) in [6, 6.07) is 27.4. The van der Waals surface area contributed by atoms with Gasteiger partial charge in [0.15, 0.2) is 11.5 Å². The van der Waals surface area contributed by atoms with E-state index in [1.807, 2.05) is 84.9 Å². The van der Waals surface area contributed by atoms with Crippen molar-refractivity contribution in [2.45, 2.75) is 5.92 Å². The number of methoxy groups -OCH3 is 1. The van der Waals surface area contributed by atoms with Crippen LogP contribution < -0.4 is 15.4 Å². The summed E-state index contributed by atoms with van der Waals surface area (Å²) in [5, 5.41) is 7.13. The zero-order chi connectivity index (χ0) is 21.9. The Balaban J connectivity index is 1.50. The third-order valence-corrected chi connectivity index (χ3v) is 5.22. The number of imidazole rings is 1. The van der Waals surface area contributed by atoms with E-state index in [2.05, 4.69) is 25.6 Å². The lowest BCUT2D eigenvalue weighted by molar-refractivity contribution is 0.0968. The Morgan fingerprint density at radius 1 is 0.875 bits per heavy atom. The fraction of sp³-hybridized carbons (Fsp3) is 0.0800. The lowest BCUT2D eigenvalue weighted by atomic mass is 9.91. The van der Waals surface area contributed by atoms with Gasteiger partial charge in [-0.2, -0.15) is 10.3 Å². The van der Waals surface area contributed by atoms with Gasteiger partial charge in [0, 0.05) is 5.69 Å². The van der Waals surface area contributed by atoms with Gasteiger partial charge in [-0.15, -0.1) is 0 Å². The second kappa shape index (κ2) is 8.39. The number of fused-ring (bicyclic) bond motifs is 1. The number of anilines is 1. The molecule has 157 valence electrons. The Kier molecular flexibility index (Phi) is 5.13. The topological polar surface area (TPSA) is 93.5 Å². The van der Waals surface area contributed by atoms with Crippen LogP contribution in [-0.4, -0.2) is 28.9 Å². The van der Waals surface area contributed by atoms with Gasteiger partial charge >= 0.3 is 5.91 Å². The Bertz CT molecular complexity index is 1230. The van der Waals surface area contributed by atoms with Crippen molar-refractivity contribution in [1.82, 2.24) is 15.3 Å². The first-order chi connectivity index (χ1) is 15.7. The van der Waals surface area contributed by atoms with Gasteiger partial charge in [0.25, 0.3) is 0 Å². The Morgan fingerprint density at radius 3 is 2.09 bits per heavy atom. The average Bonchev–Trinajstić information content (AvgIpc) is 3.25. The van der Waals surface area contributed by atoms with Crippen LogP contribution in [0, 0.1) is 0 Å². The van der Waals surface area contributed by atoms with Crippen LogP contribution in [0.4, 0.5) is 11.5 Å². The molecule has 0 unspecified atom stereocenters. The van der Waals surface area contributed by atoms with E-state index >= 15 is 0 Å². The van der Waals surface area contributed by atoms with Crippen LogP contribution >= 0.6 is 0 Å². The predicted octanol–water partition coefficient (Wildman–Crippen LogP) is 4.46. The number of benzene rings is 3. The highest BCUT2D eigenvalue weighted by molar-refractivity contribution is 6.14. The van der Waals surface area contributed by atoms with Gasteiger partial charge < -0.3 is 15.0 Å². The number of hydrogen-bond donors (Lipinski definition) is 2. The molecule has 32 heavy (non-hydrogen) atoms. The number of nitrogens with one attached hydrogen (secondary N) is 2. The van der Waals surface area contributed by atoms with E-state index in [0.29, 0.717) is 11.6 Å². The highest BCUT2D eigenvalue weighted by atomic mass is 16.5. The molecule has 2 heterocycles. The summed E-state index contributed by atoms with van der Waals surface area (Å²) < 4.78 is 5.17. The van der Waals surface area contributed by atoms with E-state index in [1.165, 1.54) is 0 Å². The van der Waals surface area contributed by atoms with Crippen molar-refractivity contribution in [1.29, 1.82) is 0 Å². The first-order valence-corrected chi connectivity index (χ1v) is 10.2. The molecule has 2 N–H and O–H groups in total. The number of carbonyl (C=O) groups is 1. The molecule has 0 bridgehead atoms. The third-order valence-electron chi connectivity index (χ3n) is 5.22. The van der Waals surface area contributed by atoms with Gasteiger partial charge in [-0.05, 0) is 35.4 Å². The van der Waals surface area contributed by atoms with Crippen molar-refractivity contribution in [3.05, 3.63) is 108 Å². The maximum Gasteiger partial charge on any atom is 0.302 e. The second-order valence-corrected chi connectivity index (χ2v) is 7.28. The molecule has 0 fully saturated rings. The normalized spacial score (nSPS) is 12.7. The fourth-order valence-electron chi connectivity index (χ4n) is 3.69. The standard InChI is InChI=1S/C25H20N5O2/c1-32-19-14-12-18(13-15-19)26-25-29-23-21(24(31)30-25)27-22(28-23)20(16-8-4-2-5-9-16)17-10-6-3-7-11-17/h2-15,20H,1H3,(H,26,29)(H,27,28). The highest BCUT2D eigenvalue weighted by Crippen LogP contribution is 2.33. The maximum absolute atomic E-state index is 12.7. The van der Waals surface area contributed by atoms with Crippen LogP contribution in [0.1, 0.15) is 33.4 Å². The zero-order valence-corrected chi connectivity index (χ0v) is 17.3. The molecule has 0 saturated carbocycles. The minimum Gasteiger partial charge on any atom is -0.497 e. The smallest absolute Gasteiger partial charge is 0.302 e. The summed E-state index contributed by atoms with van der Waals surface area (Å²) in [6.07, 6.45) is 0. The summed E-state index contributed by atoms with van der Waals surface area (Å²) in [5.74, 6) is 1.39. The van der Waals surface area contributed by atoms with Crippen LogP contribution in [0.25, 0.3) is 0 Å². The van der Waals surface area contributed by atoms with Crippen molar-refractivity contribution in [2.24, 2.45) is 4.99 Å². The number of nitrogens with zero attached hydrogens (tertiary/aromatic N) is 3. The summed E-state index contributed by atoms with van der Waals surface area (Å²) in [5.41, 5.74) is 3.09. The Morgan fingerprint density at radius 2 is 1.50 bits per heavy atom.